The number of aromatic nitrogens is 2. The van der Waals surface area contributed by atoms with Gasteiger partial charge in [-0.05, 0) is 26.3 Å². The predicted octanol–water partition coefficient (Wildman–Crippen LogP) is 2.02. The molecule has 1 aromatic carbocycles. The lowest BCUT2D eigenvalue weighted by Gasteiger charge is -2.21. The molecule has 1 saturated carbocycles. The molecule has 7 heteroatoms. The van der Waals surface area contributed by atoms with Crippen molar-refractivity contribution < 1.29 is 23.7 Å². The zero-order valence-corrected chi connectivity index (χ0v) is 13.3. The minimum absolute atomic E-state index is 0.0249. The highest BCUT2D eigenvalue weighted by Gasteiger charge is 2.60. The molecule has 1 aromatic heterocycles. The van der Waals surface area contributed by atoms with E-state index in [9.17, 15) is 19.0 Å². The van der Waals surface area contributed by atoms with E-state index >= 15 is 0 Å². The molecule has 0 spiro atoms. The van der Waals surface area contributed by atoms with Gasteiger partial charge in [0.1, 0.15) is 5.82 Å². The fraction of sp³-hybridized carbons (Fsp3) is 0.412. The Bertz CT molecular complexity index is 769. The molecule has 1 heterocycles. The van der Waals surface area contributed by atoms with Gasteiger partial charge in [0.05, 0.1) is 18.5 Å². The highest BCUT2D eigenvalue weighted by molar-refractivity contribution is 5.37. The van der Waals surface area contributed by atoms with Gasteiger partial charge in [0, 0.05) is 16.9 Å². The zero-order valence-electron chi connectivity index (χ0n) is 13.3. The third-order valence-electron chi connectivity index (χ3n) is 4.52. The number of halogens is 2. The Morgan fingerprint density at radius 1 is 1.33 bits per heavy atom. The van der Waals surface area contributed by atoms with Crippen LogP contribution in [0.15, 0.2) is 24.4 Å². The van der Waals surface area contributed by atoms with E-state index in [1.54, 1.807) is 13.8 Å². The molecule has 24 heavy (non-hydrogen) atoms. The van der Waals surface area contributed by atoms with Gasteiger partial charge in [-0.1, -0.05) is 12.1 Å². The number of aliphatic hydroxyl groups excluding tert-OH is 1. The van der Waals surface area contributed by atoms with E-state index in [0.717, 1.165) is 6.07 Å². The Morgan fingerprint density at radius 2 is 2.08 bits per heavy atom. The number of benzene rings is 1. The molecule has 0 saturated heterocycles. The van der Waals surface area contributed by atoms with Gasteiger partial charge in [-0.3, -0.25) is 0 Å². The lowest BCUT2D eigenvalue weighted by atomic mass is 9.93. The highest BCUT2D eigenvalue weighted by Crippen LogP contribution is 2.56. The molecule has 1 fully saturated rings. The van der Waals surface area contributed by atoms with Crippen molar-refractivity contribution >= 4 is 0 Å². The molecular weight excluding hydrogens is 318 g/mol. The van der Waals surface area contributed by atoms with Crippen LogP contribution in [0.3, 0.4) is 0 Å². The Hall–Kier alpha value is -2.12. The summed E-state index contributed by atoms with van der Waals surface area (Å²) in [5, 5.41) is 19.0. The molecule has 128 valence electrons. The third kappa shape index (κ3) is 2.85. The van der Waals surface area contributed by atoms with Crippen LogP contribution in [0.5, 0.6) is 5.75 Å². The molecule has 0 bridgehead atoms. The lowest BCUT2D eigenvalue weighted by Crippen LogP contribution is -2.27. The largest absolute Gasteiger partial charge is 0.489 e. The first-order valence-electron chi connectivity index (χ1n) is 7.59. The van der Waals surface area contributed by atoms with Gasteiger partial charge in [0.15, 0.2) is 23.7 Å². The summed E-state index contributed by atoms with van der Waals surface area (Å²) < 4.78 is 33.5. The maximum Gasteiger partial charge on any atom is 0.162 e. The number of rotatable bonds is 5. The molecule has 2 unspecified atom stereocenters. The van der Waals surface area contributed by atoms with Crippen molar-refractivity contribution in [1.29, 1.82) is 0 Å². The normalized spacial score (nSPS) is 22.7. The summed E-state index contributed by atoms with van der Waals surface area (Å²) in [7, 11) is 0. The van der Waals surface area contributed by atoms with E-state index in [4.69, 9.17) is 4.74 Å². The topological polar surface area (TPSA) is 75.5 Å². The van der Waals surface area contributed by atoms with Gasteiger partial charge in [-0.15, -0.1) is 0 Å². The molecule has 0 aliphatic heterocycles. The number of aryl methyl sites for hydroxylation is 2. The van der Waals surface area contributed by atoms with Crippen molar-refractivity contribution in [2.45, 2.75) is 32.0 Å². The molecular formula is C17H18F2N2O3. The van der Waals surface area contributed by atoms with Crippen LogP contribution in [-0.2, 0) is 5.41 Å². The lowest BCUT2D eigenvalue weighted by molar-refractivity contribution is -0.0637. The second kappa shape index (κ2) is 6.07. The summed E-state index contributed by atoms with van der Waals surface area (Å²) in [5.41, 5.74) is -0.275. The molecule has 2 N–H and O–H groups in total. The molecule has 1 aliphatic rings. The summed E-state index contributed by atoms with van der Waals surface area (Å²) >= 11 is 0. The van der Waals surface area contributed by atoms with Gasteiger partial charge in [-0.2, -0.15) is 0 Å². The van der Waals surface area contributed by atoms with Gasteiger partial charge in [-0.25, -0.2) is 18.7 Å². The summed E-state index contributed by atoms with van der Waals surface area (Å²) in [6, 6.07) is 3.87. The van der Waals surface area contributed by atoms with Crippen molar-refractivity contribution in [1.82, 2.24) is 9.97 Å². The zero-order chi connectivity index (χ0) is 17.5. The van der Waals surface area contributed by atoms with E-state index in [2.05, 4.69) is 9.97 Å². The van der Waals surface area contributed by atoms with Crippen LogP contribution in [0.4, 0.5) is 8.78 Å². The first-order chi connectivity index (χ1) is 11.3. The van der Waals surface area contributed by atoms with Crippen molar-refractivity contribution in [2.24, 2.45) is 5.92 Å². The second-order valence-electron chi connectivity index (χ2n) is 6.14. The van der Waals surface area contributed by atoms with Crippen LogP contribution < -0.4 is 4.74 Å². The maximum absolute atomic E-state index is 14.2. The van der Waals surface area contributed by atoms with Crippen LogP contribution >= 0.6 is 0 Å². The molecule has 2 aromatic rings. The van der Waals surface area contributed by atoms with Crippen molar-refractivity contribution in [3.8, 4) is 5.75 Å². The monoisotopic (exact) mass is 336 g/mol. The number of hydrogen-bond acceptors (Lipinski definition) is 5. The predicted molar refractivity (Wildman–Crippen MR) is 81.4 cm³/mol. The van der Waals surface area contributed by atoms with Gasteiger partial charge >= 0.3 is 0 Å². The smallest absolute Gasteiger partial charge is 0.162 e. The first-order valence-corrected chi connectivity index (χ1v) is 7.59. The average molecular weight is 336 g/mol. The second-order valence-corrected chi connectivity index (χ2v) is 6.14. The van der Waals surface area contributed by atoms with Gasteiger partial charge < -0.3 is 14.9 Å². The fourth-order valence-corrected chi connectivity index (χ4v) is 3.09. The van der Waals surface area contributed by atoms with Crippen LogP contribution in [0, 0.1) is 31.4 Å². The number of aliphatic hydroxyl groups is 2. The van der Waals surface area contributed by atoms with Crippen LogP contribution in [-0.4, -0.2) is 33.1 Å². The van der Waals surface area contributed by atoms with Crippen molar-refractivity contribution in [2.75, 3.05) is 6.61 Å². The maximum atomic E-state index is 14.2. The molecule has 0 amide bonds. The van der Waals surface area contributed by atoms with Crippen LogP contribution in [0.25, 0.3) is 0 Å². The Balaban J connectivity index is 1.89. The minimum Gasteiger partial charge on any atom is -0.489 e. The molecule has 0 radical (unpaired) electrons. The van der Waals surface area contributed by atoms with E-state index in [0.29, 0.717) is 17.3 Å². The number of nitrogens with zero attached hydrogens (tertiary/aromatic N) is 2. The highest BCUT2D eigenvalue weighted by atomic mass is 19.2. The molecule has 2 atom stereocenters. The fourth-order valence-electron chi connectivity index (χ4n) is 3.09. The quantitative estimate of drug-likeness (QED) is 0.817. The van der Waals surface area contributed by atoms with E-state index < -0.39 is 29.3 Å². The van der Waals surface area contributed by atoms with Gasteiger partial charge in [0.2, 0.25) is 0 Å². The van der Waals surface area contributed by atoms with Crippen LogP contribution in [0.1, 0.15) is 23.5 Å². The Morgan fingerprint density at radius 3 is 2.71 bits per heavy atom. The summed E-state index contributed by atoms with van der Waals surface area (Å²) in [4.78, 5) is 8.23. The molecule has 3 rings (SSSR count). The van der Waals surface area contributed by atoms with E-state index in [1.165, 1.54) is 18.3 Å². The SMILES string of the molecule is Cc1ncc(OCC2(c3cccc(F)c3F)CC2C(O)O)c(C)n1. The third-order valence-corrected chi connectivity index (χ3v) is 4.52. The standard InChI is InChI=1S/C17H18F2N2O3/c1-9-14(7-20-10(2)21-9)24-8-17(6-12(17)16(22)23)11-4-3-5-13(18)15(11)19/h3-5,7,12,16,22-23H,6,8H2,1-2H3. The van der Waals surface area contributed by atoms with Crippen molar-refractivity contribution in [3.63, 3.8) is 0 Å². The van der Waals surface area contributed by atoms with Crippen molar-refractivity contribution in [3.05, 3.63) is 53.1 Å². The minimum atomic E-state index is -1.63. The van der Waals surface area contributed by atoms with E-state index in [1.807, 2.05) is 0 Å². The van der Waals surface area contributed by atoms with E-state index in [-0.39, 0.29) is 18.6 Å². The summed E-state index contributed by atoms with van der Waals surface area (Å²) in [5.74, 6) is -1.56. The average Bonchev–Trinajstić information content (AvgIpc) is 3.25. The van der Waals surface area contributed by atoms with Gasteiger partial charge in [0.25, 0.3) is 0 Å². The summed E-state index contributed by atoms with van der Waals surface area (Å²) in [6.45, 7) is 3.48. The Kier molecular flexibility index (Phi) is 4.23. The first kappa shape index (κ1) is 16.7. The Labute approximate surface area is 138 Å². The number of ether oxygens (including phenoxy) is 1. The molecule has 1 aliphatic carbocycles. The molecule has 5 nitrogen and oxygen atoms in total. The van der Waals surface area contributed by atoms with Crippen LogP contribution in [0.2, 0.25) is 0 Å². The number of hydrogen-bond donors (Lipinski definition) is 2. The summed E-state index contributed by atoms with van der Waals surface area (Å²) in [6.07, 6.45) is 0.170.